The highest BCUT2D eigenvalue weighted by Crippen LogP contribution is 2.22. The highest BCUT2D eigenvalue weighted by molar-refractivity contribution is 7.98. The lowest BCUT2D eigenvalue weighted by Gasteiger charge is -2.06. The Morgan fingerprint density at radius 2 is 1.94 bits per heavy atom. The van der Waals surface area contributed by atoms with Crippen molar-refractivity contribution in [3.63, 3.8) is 0 Å². The lowest BCUT2D eigenvalue weighted by Crippen LogP contribution is -2.18. The van der Waals surface area contributed by atoms with Crippen LogP contribution in [0.5, 0.6) is 5.75 Å². The number of carbonyl (C=O) groups is 1. The molecule has 0 fully saturated rings. The minimum atomic E-state index is -3.31. The van der Waals surface area contributed by atoms with Gasteiger partial charge in [-0.25, -0.2) is 8.42 Å². The van der Waals surface area contributed by atoms with E-state index in [1.807, 2.05) is 10.8 Å². The number of unbranched alkanes of at least 4 members (excludes halogenated alkanes) is 1. The molecule has 166 valence electrons. The van der Waals surface area contributed by atoms with Crippen LogP contribution in [0.25, 0.3) is 10.2 Å². The van der Waals surface area contributed by atoms with Crippen LogP contribution >= 0.6 is 23.1 Å². The number of benzene rings is 2. The van der Waals surface area contributed by atoms with E-state index in [1.54, 1.807) is 54.2 Å². The summed E-state index contributed by atoms with van der Waals surface area (Å²) in [6.07, 6.45) is 5.25. The summed E-state index contributed by atoms with van der Waals surface area (Å²) in [5.41, 5.74) is 1.35. The number of aromatic nitrogens is 1. The Balaban J connectivity index is 1.96. The molecule has 0 N–H and O–H groups in total. The van der Waals surface area contributed by atoms with Crippen molar-refractivity contribution in [3.05, 3.63) is 52.8 Å². The number of hydrogen-bond acceptors (Lipinski definition) is 6. The van der Waals surface area contributed by atoms with Gasteiger partial charge in [-0.05, 0) is 55.1 Å². The first-order chi connectivity index (χ1) is 14.8. The molecule has 0 spiro atoms. The van der Waals surface area contributed by atoms with E-state index >= 15 is 0 Å². The molecule has 0 aliphatic heterocycles. The Morgan fingerprint density at radius 3 is 2.58 bits per heavy atom. The number of sulfone groups is 1. The van der Waals surface area contributed by atoms with Crippen LogP contribution in [0.3, 0.4) is 0 Å². The van der Waals surface area contributed by atoms with Crippen LogP contribution in [-0.4, -0.2) is 43.8 Å². The smallest absolute Gasteiger partial charge is 0.279 e. The first-order valence-corrected chi connectivity index (χ1v) is 14.1. The molecule has 0 aliphatic carbocycles. The van der Waals surface area contributed by atoms with Crippen LogP contribution in [0, 0.1) is 0 Å². The largest absolute Gasteiger partial charge is 0.494 e. The fourth-order valence-electron chi connectivity index (χ4n) is 2.95. The van der Waals surface area contributed by atoms with E-state index < -0.39 is 9.84 Å². The molecule has 6 nitrogen and oxygen atoms in total. The molecule has 0 radical (unpaired) electrons. The SMILES string of the molecule is CCCCOc1ccc(C(=O)N=c2sc3cc(S(C)(=O)=O)ccc3n2CCSC)cc1. The van der Waals surface area contributed by atoms with E-state index in [2.05, 4.69) is 11.9 Å². The Bertz CT molecular complexity index is 1230. The third kappa shape index (κ3) is 5.99. The fraction of sp³-hybridized carbons (Fsp3) is 0.364. The number of thioether (sulfide) groups is 1. The maximum atomic E-state index is 12.8. The van der Waals surface area contributed by atoms with Crippen molar-refractivity contribution in [3.8, 4) is 5.75 Å². The van der Waals surface area contributed by atoms with Gasteiger partial charge in [0.2, 0.25) is 0 Å². The van der Waals surface area contributed by atoms with Crippen LogP contribution in [0.15, 0.2) is 52.4 Å². The molecule has 0 atom stereocenters. The first kappa shape index (κ1) is 23.6. The molecule has 2 aromatic carbocycles. The van der Waals surface area contributed by atoms with Crippen molar-refractivity contribution >= 4 is 49.1 Å². The zero-order valence-corrected chi connectivity index (χ0v) is 20.3. The van der Waals surface area contributed by atoms with Crippen molar-refractivity contribution in [1.29, 1.82) is 0 Å². The molecular weight excluding hydrogens is 452 g/mol. The predicted molar refractivity (Wildman–Crippen MR) is 128 cm³/mol. The van der Waals surface area contributed by atoms with Gasteiger partial charge in [-0.2, -0.15) is 16.8 Å². The zero-order chi connectivity index (χ0) is 22.4. The summed E-state index contributed by atoms with van der Waals surface area (Å²) >= 11 is 3.02. The topological polar surface area (TPSA) is 77.7 Å². The third-order valence-electron chi connectivity index (χ3n) is 4.67. The molecule has 0 saturated carbocycles. The molecule has 9 heteroatoms. The second-order valence-electron chi connectivity index (χ2n) is 7.07. The van der Waals surface area contributed by atoms with Crippen LogP contribution in [-0.2, 0) is 16.4 Å². The molecule has 3 aromatic rings. The minimum absolute atomic E-state index is 0.259. The Labute approximate surface area is 190 Å². The molecule has 31 heavy (non-hydrogen) atoms. The van der Waals surface area contributed by atoms with Gasteiger partial charge in [-0.1, -0.05) is 24.7 Å². The molecule has 1 amide bonds. The van der Waals surface area contributed by atoms with Crippen molar-refractivity contribution in [2.45, 2.75) is 31.2 Å². The van der Waals surface area contributed by atoms with Crippen LogP contribution in [0.4, 0.5) is 0 Å². The van der Waals surface area contributed by atoms with Gasteiger partial charge in [-0.15, -0.1) is 0 Å². The molecule has 0 bridgehead atoms. The highest BCUT2D eigenvalue weighted by atomic mass is 32.2. The second-order valence-corrected chi connectivity index (χ2v) is 11.1. The van der Waals surface area contributed by atoms with Gasteiger partial charge in [0, 0.05) is 24.1 Å². The van der Waals surface area contributed by atoms with Crippen molar-refractivity contribution in [2.75, 3.05) is 24.9 Å². The summed E-state index contributed by atoms with van der Waals surface area (Å²) < 4.78 is 32.2. The van der Waals surface area contributed by atoms with E-state index in [-0.39, 0.29) is 10.8 Å². The van der Waals surface area contributed by atoms with Crippen LogP contribution < -0.4 is 9.54 Å². The predicted octanol–water partition coefficient (Wildman–Crippen LogP) is 4.39. The molecular formula is C22H26N2O4S3. The summed E-state index contributed by atoms with van der Waals surface area (Å²) in [6, 6.07) is 12.0. The lowest BCUT2D eigenvalue weighted by molar-refractivity contribution is 0.0998. The quantitative estimate of drug-likeness (QED) is 0.426. The standard InChI is InChI=1S/C22H26N2O4S3/c1-4-5-13-28-17-8-6-16(7-9-17)21(25)23-22-24(12-14-29-2)19-11-10-18(31(3,26)27)15-20(19)30-22/h6-11,15H,4-5,12-14H2,1-3H3. The number of thiazole rings is 1. The van der Waals surface area contributed by atoms with Crippen molar-refractivity contribution in [1.82, 2.24) is 4.57 Å². The van der Waals surface area contributed by atoms with Gasteiger partial charge in [0.1, 0.15) is 5.75 Å². The molecule has 1 heterocycles. The number of amides is 1. The minimum Gasteiger partial charge on any atom is -0.494 e. The number of fused-ring (bicyclic) bond motifs is 1. The summed E-state index contributed by atoms with van der Waals surface area (Å²) in [6.45, 7) is 3.44. The summed E-state index contributed by atoms with van der Waals surface area (Å²) in [5.74, 6) is 1.24. The van der Waals surface area contributed by atoms with Gasteiger partial charge in [0.15, 0.2) is 14.6 Å². The number of carbonyl (C=O) groups excluding carboxylic acids is 1. The third-order valence-corrected chi connectivity index (χ3v) is 7.41. The Kier molecular flexibility index (Phi) is 7.96. The van der Waals surface area contributed by atoms with E-state index in [0.717, 1.165) is 34.6 Å². The van der Waals surface area contributed by atoms with Crippen molar-refractivity contribution < 1.29 is 17.9 Å². The number of ether oxygens (including phenoxy) is 1. The molecule has 0 saturated heterocycles. The zero-order valence-electron chi connectivity index (χ0n) is 17.8. The number of aryl methyl sites for hydroxylation is 1. The van der Waals surface area contributed by atoms with Gasteiger partial charge in [0.05, 0.1) is 21.7 Å². The van der Waals surface area contributed by atoms with Crippen LogP contribution in [0.2, 0.25) is 0 Å². The van der Waals surface area contributed by atoms with Crippen LogP contribution in [0.1, 0.15) is 30.1 Å². The summed E-state index contributed by atoms with van der Waals surface area (Å²) in [5, 5.41) is 0. The molecule has 0 unspecified atom stereocenters. The number of nitrogens with zero attached hydrogens (tertiary/aromatic N) is 2. The second kappa shape index (κ2) is 10.5. The fourth-order valence-corrected chi connectivity index (χ4v) is 5.13. The molecule has 0 aliphatic rings. The molecule has 3 rings (SSSR count). The summed E-state index contributed by atoms with van der Waals surface area (Å²) in [7, 11) is -3.31. The Hall–Kier alpha value is -2.10. The van der Waals surface area contributed by atoms with Gasteiger partial charge in [-0.3, -0.25) is 4.79 Å². The average molecular weight is 479 g/mol. The maximum absolute atomic E-state index is 12.8. The van der Waals surface area contributed by atoms with Gasteiger partial charge < -0.3 is 9.30 Å². The van der Waals surface area contributed by atoms with Crippen molar-refractivity contribution in [2.24, 2.45) is 4.99 Å². The molecule has 1 aromatic heterocycles. The Morgan fingerprint density at radius 1 is 1.19 bits per heavy atom. The monoisotopic (exact) mass is 478 g/mol. The van der Waals surface area contributed by atoms with Gasteiger partial charge in [0.25, 0.3) is 5.91 Å². The first-order valence-electron chi connectivity index (χ1n) is 9.97. The number of hydrogen-bond donors (Lipinski definition) is 0. The normalized spacial score (nSPS) is 12.4. The lowest BCUT2D eigenvalue weighted by atomic mass is 10.2. The van der Waals surface area contributed by atoms with E-state index in [4.69, 9.17) is 4.74 Å². The average Bonchev–Trinajstić information content (AvgIpc) is 3.08. The number of rotatable bonds is 9. The maximum Gasteiger partial charge on any atom is 0.279 e. The van der Waals surface area contributed by atoms with Gasteiger partial charge >= 0.3 is 0 Å². The highest BCUT2D eigenvalue weighted by Gasteiger charge is 2.13. The van der Waals surface area contributed by atoms with E-state index in [0.29, 0.717) is 23.5 Å². The summed E-state index contributed by atoms with van der Waals surface area (Å²) in [4.78, 5) is 18.0. The van der Waals surface area contributed by atoms with E-state index in [9.17, 15) is 13.2 Å². The van der Waals surface area contributed by atoms with E-state index in [1.165, 1.54) is 17.6 Å².